The van der Waals surface area contributed by atoms with Gasteiger partial charge in [-0.1, -0.05) is 210 Å². The third-order valence-corrected chi connectivity index (χ3v) is 26.7. The highest BCUT2D eigenvalue weighted by molar-refractivity contribution is 7.21. The van der Waals surface area contributed by atoms with Crippen LogP contribution in [0.3, 0.4) is 0 Å². The highest BCUT2D eigenvalue weighted by Gasteiger charge is 2.33. The molecule has 12 aromatic heterocycles. The van der Waals surface area contributed by atoms with E-state index in [0.717, 1.165) is 130 Å². The van der Waals surface area contributed by atoms with Crippen LogP contribution in [0, 0.1) is 12.8 Å². The number of aryl methyl sites for hydroxylation is 1. The normalized spacial score (nSPS) is 12.5. The summed E-state index contributed by atoms with van der Waals surface area (Å²) in [5, 5.41) is 91.1. The molecule has 614 valence electrons. The number of aliphatic hydroxyl groups is 9. The first-order valence-corrected chi connectivity index (χ1v) is 44.0. The van der Waals surface area contributed by atoms with Crippen molar-refractivity contribution in [3.8, 4) is 67.5 Å². The Bertz CT molecular complexity index is 6600. The second-order valence-electron chi connectivity index (χ2n) is 26.5. The lowest BCUT2D eigenvalue weighted by Crippen LogP contribution is -1.98. The number of imidazole rings is 6. The quantitative estimate of drug-likeness (QED) is 0.0383. The topological polar surface area (TPSA) is 312 Å². The fraction of sp³-hybridized carbons (Fsp3) is 0.183. The van der Waals surface area contributed by atoms with Gasteiger partial charge in [0.1, 0.15) is 9.21 Å². The van der Waals surface area contributed by atoms with Gasteiger partial charge < -0.3 is 50.7 Å². The lowest BCUT2D eigenvalue weighted by atomic mass is 10.1. The van der Waals surface area contributed by atoms with Gasteiger partial charge in [0.2, 0.25) is 0 Å². The molecule has 6 aromatic carbocycles. The van der Waals surface area contributed by atoms with Gasteiger partial charge in [0.25, 0.3) is 0 Å². The van der Waals surface area contributed by atoms with E-state index in [-0.39, 0.29) is 46.2 Å². The molecular weight excluding hydrogens is 1810 g/mol. The molecule has 119 heavy (non-hydrogen) atoms. The molecule has 0 amide bonds. The van der Waals surface area contributed by atoms with Gasteiger partial charge >= 0.3 is 5.97 Å². The predicted octanol–water partition coefficient (Wildman–Crippen LogP) is 20.6. The number of aromatic nitrogens is 12. The Morgan fingerprint density at radius 3 is 1.11 bits per heavy atom. The smallest absolute Gasteiger partial charge is 0.349 e. The minimum absolute atomic E-state index is 0.0187. The minimum Gasteiger partial charge on any atom is -0.465 e. The SMILES string of the molecule is CC(O)c1cn2c(CO)c(-c3ccc(Cl)cc3)nc2s1.COC(=O)c1cn2c(CO)c(-c3ccc(Cl)cc3)nc2s1.Cc1cn2c(CO)c(-c3ccc(Cl)cc3Cl)nc2s1.OCc1c(-c2ccc(Cl)cc2)nc2sc(C(O)C3CC3)cn12.OCc1c(-c2ccc(Cl)cc2)nc2sc(Cl)cn12.OCc1cn2c(CO)c(-c3ccc(Cl)cc3)nc2s1. The molecule has 2 atom stereocenters. The van der Waals surface area contributed by atoms with Gasteiger partial charge in [0, 0.05) is 106 Å². The zero-order valence-electron chi connectivity index (χ0n) is 62.5. The number of carbonyl (C=O) groups excluding carboxylic acids is 1. The lowest BCUT2D eigenvalue weighted by molar-refractivity contribution is 0.0605. The van der Waals surface area contributed by atoms with Crippen LogP contribution in [0.1, 0.15) is 95.3 Å². The third kappa shape index (κ3) is 19.2. The fourth-order valence-electron chi connectivity index (χ4n) is 12.7. The number of fused-ring (bicyclic) bond motifs is 6. The summed E-state index contributed by atoms with van der Waals surface area (Å²) in [4.78, 5) is 47.5. The van der Waals surface area contributed by atoms with E-state index in [0.29, 0.717) is 83.7 Å². The van der Waals surface area contributed by atoms with Gasteiger partial charge in [-0.05, 0) is 111 Å². The van der Waals surface area contributed by atoms with E-state index in [9.17, 15) is 45.6 Å². The number of methoxy groups -OCH3 is 1. The van der Waals surface area contributed by atoms with Crippen molar-refractivity contribution in [1.29, 1.82) is 0 Å². The molecule has 12 heterocycles. The van der Waals surface area contributed by atoms with Crippen LogP contribution in [-0.2, 0) is 51.0 Å². The average molecular weight is 1870 g/mol. The van der Waals surface area contributed by atoms with Crippen molar-refractivity contribution >= 4 is 197 Å². The Kier molecular flexibility index (Phi) is 28.2. The Balaban J connectivity index is 0.000000117. The molecule has 1 saturated carbocycles. The fourth-order valence-corrected chi connectivity index (χ4v) is 19.5. The number of hydrogen-bond acceptors (Lipinski definition) is 23. The summed E-state index contributed by atoms with van der Waals surface area (Å²) < 4.78 is 16.3. The Hall–Kier alpha value is -8.23. The number of aliphatic hydroxyl groups excluding tert-OH is 9. The molecule has 9 N–H and O–H groups in total. The van der Waals surface area contributed by atoms with Gasteiger partial charge in [0.05, 0.1) is 154 Å². The van der Waals surface area contributed by atoms with Gasteiger partial charge in [-0.3, -0.25) is 26.4 Å². The molecule has 1 fully saturated rings. The van der Waals surface area contributed by atoms with E-state index in [4.69, 9.17) is 97.9 Å². The molecule has 0 spiro atoms. The van der Waals surface area contributed by atoms with Gasteiger partial charge in [-0.2, -0.15) is 0 Å². The number of esters is 1. The second kappa shape index (κ2) is 38.5. The minimum atomic E-state index is -0.535. The first-order valence-electron chi connectivity index (χ1n) is 36.0. The summed E-state index contributed by atoms with van der Waals surface area (Å²) in [7, 11) is 1.33. The number of nitrogens with zero attached hydrogens (tertiary/aromatic N) is 12. The highest BCUT2D eigenvalue weighted by atomic mass is 35.5. The Morgan fingerprint density at radius 1 is 0.395 bits per heavy atom. The van der Waals surface area contributed by atoms with Crippen molar-refractivity contribution < 1.29 is 55.5 Å². The lowest BCUT2D eigenvalue weighted by Gasteiger charge is -2.05. The molecule has 37 heteroatoms. The highest BCUT2D eigenvalue weighted by Crippen LogP contribution is 2.45. The van der Waals surface area contributed by atoms with Crippen molar-refractivity contribution in [3.63, 3.8) is 0 Å². The van der Waals surface area contributed by atoms with Crippen LogP contribution < -0.4 is 0 Å². The van der Waals surface area contributed by atoms with E-state index in [1.807, 2.05) is 126 Å². The zero-order chi connectivity index (χ0) is 84.2. The zero-order valence-corrected chi connectivity index (χ0v) is 73.5. The van der Waals surface area contributed by atoms with Crippen LogP contribution in [0.15, 0.2) is 177 Å². The van der Waals surface area contributed by atoms with Crippen molar-refractivity contribution in [2.24, 2.45) is 5.92 Å². The molecule has 18 aromatic rings. The van der Waals surface area contributed by atoms with Gasteiger partial charge in [-0.25, -0.2) is 34.7 Å². The van der Waals surface area contributed by atoms with Crippen molar-refractivity contribution in [2.45, 2.75) is 85.1 Å². The summed E-state index contributed by atoms with van der Waals surface area (Å²) in [6.07, 6.45) is 12.1. The number of thiazole rings is 6. The standard InChI is InChI=1S/C16H15ClN2O2S.C14H11ClN2O3S.C14H13ClN2O2S.C13H10Cl2N2OS.C13H11ClN2O2S.C12H8Cl2N2OS/c17-11-5-3-9(4-6-11)14-12(8-20)19-7-13(22-16(19)18-14)15(21)10-1-2-10;1-20-13(19)11-6-17-10(7-18)12(16-14(17)21-11)8-2-4-9(15)5-3-8;1-8(19)12-6-17-11(7-18)13(16-14(17)20-12)9-2-4-10(15)5-3-9;1-7-5-17-11(6-18)12(16-13(17)19-7)9-3-2-8(14)4-10(9)15;14-9-3-1-8(2-4-9)12-11(7-18)16-5-10(6-17)19-13(16)15-12;13-8-3-1-7(2-4-8)11-9(6-17)16-5-10(14)18-12(16)15-11/h3-7,10,15,20-21H,1-2,8H2;2-6,18H,7H2,1H3;2-6,8,18-19H,7H2,1H3;2-5,18H,6H2,1H3;1-5,17-18H,6-7H2;1-5,17H,6H2. The summed E-state index contributed by atoms with van der Waals surface area (Å²) >= 11 is 55.9. The average Bonchev–Trinajstić information content (AvgIpc) is 2.31. The van der Waals surface area contributed by atoms with Crippen molar-refractivity contribution in [3.05, 3.63) is 275 Å². The molecule has 0 bridgehead atoms. The van der Waals surface area contributed by atoms with Crippen LogP contribution in [0.25, 0.3) is 97.3 Å². The van der Waals surface area contributed by atoms with Crippen LogP contribution in [-0.4, -0.2) is 115 Å². The molecule has 19 rings (SSSR count). The van der Waals surface area contributed by atoms with Crippen LogP contribution in [0.4, 0.5) is 0 Å². The maximum absolute atomic E-state index is 11.5. The molecular formula is C82H68Cl8N12O11S6. The van der Waals surface area contributed by atoms with Crippen molar-refractivity contribution in [1.82, 2.24) is 56.3 Å². The summed E-state index contributed by atoms with van der Waals surface area (Å²) in [5.74, 6) is -0.0286. The molecule has 2 unspecified atom stereocenters. The molecule has 0 aliphatic heterocycles. The Morgan fingerprint density at radius 2 is 0.723 bits per heavy atom. The number of benzene rings is 6. The van der Waals surface area contributed by atoms with Crippen LogP contribution in [0.2, 0.25) is 39.5 Å². The van der Waals surface area contributed by atoms with Gasteiger partial charge in [0.15, 0.2) is 29.8 Å². The van der Waals surface area contributed by atoms with E-state index in [1.54, 1.807) is 102 Å². The molecule has 0 saturated heterocycles. The predicted molar refractivity (Wildman–Crippen MR) is 477 cm³/mol. The molecule has 0 radical (unpaired) electrons. The Labute approximate surface area is 742 Å². The molecule has 1 aliphatic rings. The number of hydrogen-bond donors (Lipinski definition) is 9. The number of halogens is 8. The molecule has 1 aliphatic carbocycles. The number of ether oxygens (including phenoxy) is 1. The number of rotatable bonds is 17. The van der Waals surface area contributed by atoms with Crippen LogP contribution >= 0.6 is 161 Å². The molecule has 23 nitrogen and oxygen atoms in total. The van der Waals surface area contributed by atoms with Crippen LogP contribution in [0.5, 0.6) is 0 Å². The van der Waals surface area contributed by atoms with E-state index < -0.39 is 18.2 Å². The summed E-state index contributed by atoms with van der Waals surface area (Å²) in [6.45, 7) is 3.01. The van der Waals surface area contributed by atoms with Gasteiger partial charge in [-0.15, -0.1) is 11.3 Å². The first-order chi connectivity index (χ1) is 57.4. The second-order valence-corrected chi connectivity index (χ2v) is 36.6. The number of carbonyl (C=O) groups is 1. The maximum atomic E-state index is 11.5. The maximum Gasteiger partial charge on any atom is 0.349 e. The monoisotopic (exact) mass is 1870 g/mol. The summed E-state index contributed by atoms with van der Waals surface area (Å²) in [6, 6.07) is 42.0. The first kappa shape index (κ1) is 87.1. The van der Waals surface area contributed by atoms with E-state index >= 15 is 0 Å². The largest absolute Gasteiger partial charge is 0.465 e. The van der Waals surface area contributed by atoms with E-state index in [2.05, 4.69) is 34.6 Å². The third-order valence-electron chi connectivity index (χ3n) is 18.7. The van der Waals surface area contributed by atoms with E-state index in [1.165, 1.54) is 63.8 Å². The summed E-state index contributed by atoms with van der Waals surface area (Å²) in [5.41, 5.74) is 14.0. The van der Waals surface area contributed by atoms with Crippen molar-refractivity contribution in [2.75, 3.05) is 7.11 Å².